The topological polar surface area (TPSA) is 29.3 Å². The molecule has 1 aliphatic rings. The van der Waals surface area contributed by atoms with Gasteiger partial charge in [-0.15, -0.1) is 0 Å². The average Bonchev–Trinajstić information content (AvgIpc) is 2.41. The highest BCUT2D eigenvalue weighted by Crippen LogP contribution is 2.34. The molecule has 0 bridgehead atoms. The second kappa shape index (κ2) is 6.73. The molecule has 2 N–H and O–H groups in total. The summed E-state index contributed by atoms with van der Waals surface area (Å²) in [6.07, 6.45) is 3.67. The summed E-state index contributed by atoms with van der Waals surface area (Å²) in [7, 11) is 0. The molecule has 1 aromatic carbocycles. The number of piperidine rings is 1. The zero-order valence-corrected chi connectivity index (χ0v) is 13.4. The molecule has 1 aliphatic heterocycles. The minimum atomic E-state index is 0.468. The third-order valence-electron chi connectivity index (χ3n) is 4.67. The summed E-state index contributed by atoms with van der Waals surface area (Å²) in [4.78, 5) is 2.60. The SMILES string of the molecule is CC(C)(C)C1CCN(Cc2ccc(CCN)cc2)CC1. The molecule has 0 aliphatic carbocycles. The van der Waals surface area contributed by atoms with Crippen LogP contribution in [0.5, 0.6) is 0 Å². The lowest BCUT2D eigenvalue weighted by atomic mass is 9.75. The van der Waals surface area contributed by atoms with Crippen molar-refractivity contribution >= 4 is 0 Å². The van der Waals surface area contributed by atoms with Gasteiger partial charge in [0.1, 0.15) is 0 Å². The van der Waals surface area contributed by atoms with Crippen LogP contribution in [-0.4, -0.2) is 24.5 Å². The summed E-state index contributed by atoms with van der Waals surface area (Å²) in [5.41, 5.74) is 8.84. The molecule has 0 spiro atoms. The minimum Gasteiger partial charge on any atom is -0.330 e. The van der Waals surface area contributed by atoms with Crippen LogP contribution in [0.3, 0.4) is 0 Å². The average molecular weight is 274 g/mol. The van der Waals surface area contributed by atoms with Crippen molar-refractivity contribution in [1.82, 2.24) is 4.90 Å². The van der Waals surface area contributed by atoms with Crippen molar-refractivity contribution in [3.05, 3.63) is 35.4 Å². The lowest BCUT2D eigenvalue weighted by Crippen LogP contribution is -2.37. The van der Waals surface area contributed by atoms with E-state index in [0.717, 1.165) is 25.4 Å². The van der Waals surface area contributed by atoms with Gasteiger partial charge in [-0.1, -0.05) is 45.0 Å². The van der Waals surface area contributed by atoms with Gasteiger partial charge in [0, 0.05) is 6.54 Å². The molecule has 0 saturated carbocycles. The molecule has 1 saturated heterocycles. The third-order valence-corrected chi connectivity index (χ3v) is 4.67. The number of nitrogens with zero attached hydrogens (tertiary/aromatic N) is 1. The summed E-state index contributed by atoms with van der Waals surface area (Å²) in [5, 5.41) is 0. The molecule has 2 heteroatoms. The van der Waals surface area contributed by atoms with Gasteiger partial charge in [0.05, 0.1) is 0 Å². The maximum atomic E-state index is 5.59. The number of nitrogens with two attached hydrogens (primary N) is 1. The summed E-state index contributed by atoms with van der Waals surface area (Å²) < 4.78 is 0. The zero-order valence-electron chi connectivity index (χ0n) is 13.4. The molecule has 112 valence electrons. The van der Waals surface area contributed by atoms with Crippen molar-refractivity contribution in [3.63, 3.8) is 0 Å². The standard InChI is InChI=1S/C18H30N2/c1-18(2,3)17-9-12-20(13-10-17)14-16-6-4-15(5-7-16)8-11-19/h4-7,17H,8-14,19H2,1-3H3. The monoisotopic (exact) mass is 274 g/mol. The van der Waals surface area contributed by atoms with Gasteiger partial charge in [-0.25, -0.2) is 0 Å². The Hall–Kier alpha value is -0.860. The van der Waals surface area contributed by atoms with E-state index in [0.29, 0.717) is 5.41 Å². The van der Waals surface area contributed by atoms with Crippen LogP contribution in [0.4, 0.5) is 0 Å². The fraction of sp³-hybridized carbons (Fsp3) is 0.667. The molecule has 20 heavy (non-hydrogen) atoms. The molecular weight excluding hydrogens is 244 g/mol. The molecule has 0 atom stereocenters. The second-order valence-corrected chi connectivity index (χ2v) is 7.27. The van der Waals surface area contributed by atoms with Gasteiger partial charge in [0.2, 0.25) is 0 Å². The van der Waals surface area contributed by atoms with Crippen molar-refractivity contribution in [2.75, 3.05) is 19.6 Å². The molecule has 0 aromatic heterocycles. The molecule has 1 heterocycles. The maximum absolute atomic E-state index is 5.59. The predicted octanol–water partition coefficient (Wildman–Crippen LogP) is 3.45. The van der Waals surface area contributed by atoms with Crippen LogP contribution in [0.25, 0.3) is 0 Å². The van der Waals surface area contributed by atoms with E-state index in [-0.39, 0.29) is 0 Å². The van der Waals surface area contributed by atoms with E-state index >= 15 is 0 Å². The van der Waals surface area contributed by atoms with E-state index in [9.17, 15) is 0 Å². The Morgan fingerprint density at radius 3 is 2.10 bits per heavy atom. The van der Waals surface area contributed by atoms with Gasteiger partial charge in [-0.3, -0.25) is 4.90 Å². The second-order valence-electron chi connectivity index (χ2n) is 7.27. The number of likely N-dealkylation sites (tertiary alicyclic amines) is 1. The Kier molecular flexibility index (Phi) is 5.22. The summed E-state index contributed by atoms with van der Waals surface area (Å²) in [6.45, 7) is 11.5. The van der Waals surface area contributed by atoms with E-state index in [2.05, 4.69) is 49.9 Å². The first-order valence-corrected chi connectivity index (χ1v) is 7.99. The Balaban J connectivity index is 1.83. The molecule has 0 radical (unpaired) electrons. The van der Waals surface area contributed by atoms with E-state index in [1.54, 1.807) is 0 Å². The Bertz CT molecular complexity index is 394. The van der Waals surface area contributed by atoms with Crippen LogP contribution >= 0.6 is 0 Å². The molecule has 1 fully saturated rings. The molecular formula is C18H30N2. The first-order valence-electron chi connectivity index (χ1n) is 7.99. The summed E-state index contributed by atoms with van der Waals surface area (Å²) in [6, 6.07) is 8.98. The van der Waals surface area contributed by atoms with E-state index in [1.807, 2.05) is 0 Å². The number of rotatable bonds is 4. The molecule has 1 aromatic rings. The van der Waals surface area contributed by atoms with Crippen molar-refractivity contribution in [1.29, 1.82) is 0 Å². The van der Waals surface area contributed by atoms with Crippen LogP contribution in [0.1, 0.15) is 44.7 Å². The summed E-state index contributed by atoms with van der Waals surface area (Å²) >= 11 is 0. The van der Waals surface area contributed by atoms with Gasteiger partial charge in [-0.05, 0) is 61.4 Å². The van der Waals surface area contributed by atoms with Crippen molar-refractivity contribution in [3.8, 4) is 0 Å². The zero-order chi connectivity index (χ0) is 14.6. The molecule has 0 unspecified atom stereocenters. The van der Waals surface area contributed by atoms with Crippen molar-refractivity contribution in [2.45, 2.75) is 46.6 Å². The smallest absolute Gasteiger partial charge is 0.0233 e. The Morgan fingerprint density at radius 1 is 1.05 bits per heavy atom. The first kappa shape index (κ1) is 15.5. The molecule has 2 nitrogen and oxygen atoms in total. The van der Waals surface area contributed by atoms with Gasteiger partial charge in [0.25, 0.3) is 0 Å². The van der Waals surface area contributed by atoms with Gasteiger partial charge in [0.15, 0.2) is 0 Å². The molecule has 2 rings (SSSR count). The number of hydrogen-bond acceptors (Lipinski definition) is 2. The highest BCUT2D eigenvalue weighted by molar-refractivity contribution is 5.22. The maximum Gasteiger partial charge on any atom is 0.0233 e. The highest BCUT2D eigenvalue weighted by Gasteiger charge is 2.28. The minimum absolute atomic E-state index is 0.468. The highest BCUT2D eigenvalue weighted by atomic mass is 15.1. The summed E-state index contributed by atoms with van der Waals surface area (Å²) in [5.74, 6) is 0.880. The normalized spacial score (nSPS) is 18.4. The largest absolute Gasteiger partial charge is 0.330 e. The van der Waals surface area contributed by atoms with E-state index in [4.69, 9.17) is 5.73 Å². The van der Waals surface area contributed by atoms with E-state index in [1.165, 1.54) is 37.1 Å². The lowest BCUT2D eigenvalue weighted by Gasteiger charge is -2.38. The third kappa shape index (κ3) is 4.32. The fourth-order valence-corrected chi connectivity index (χ4v) is 3.19. The number of hydrogen-bond donors (Lipinski definition) is 1. The van der Waals surface area contributed by atoms with Crippen LogP contribution < -0.4 is 5.73 Å². The Labute approximate surface area is 124 Å². The van der Waals surface area contributed by atoms with Crippen molar-refractivity contribution in [2.24, 2.45) is 17.1 Å². The van der Waals surface area contributed by atoms with Gasteiger partial charge in [-0.2, -0.15) is 0 Å². The van der Waals surface area contributed by atoms with Crippen LogP contribution in [0.15, 0.2) is 24.3 Å². The van der Waals surface area contributed by atoms with Crippen LogP contribution in [-0.2, 0) is 13.0 Å². The van der Waals surface area contributed by atoms with E-state index < -0.39 is 0 Å². The lowest BCUT2D eigenvalue weighted by molar-refractivity contribution is 0.108. The number of benzene rings is 1. The first-order chi connectivity index (χ1) is 9.49. The Morgan fingerprint density at radius 2 is 1.60 bits per heavy atom. The van der Waals surface area contributed by atoms with Gasteiger partial charge >= 0.3 is 0 Å². The quantitative estimate of drug-likeness (QED) is 0.911. The van der Waals surface area contributed by atoms with Crippen LogP contribution in [0.2, 0.25) is 0 Å². The molecule has 0 amide bonds. The van der Waals surface area contributed by atoms with Crippen molar-refractivity contribution < 1.29 is 0 Å². The fourth-order valence-electron chi connectivity index (χ4n) is 3.19. The van der Waals surface area contributed by atoms with Gasteiger partial charge < -0.3 is 5.73 Å². The van der Waals surface area contributed by atoms with Crippen LogP contribution in [0, 0.1) is 11.3 Å². The predicted molar refractivity (Wildman–Crippen MR) is 86.7 cm³/mol.